The fraction of sp³-hybridized carbons (Fsp3) is 0.250. The van der Waals surface area contributed by atoms with Gasteiger partial charge in [-0.25, -0.2) is 4.39 Å². The molecule has 0 unspecified atom stereocenters. The SMILES string of the molecule is Cc1ccc(Sc2cc(F)cc(CCN)c2)cc1C. The third-order valence-electron chi connectivity index (χ3n) is 3.08. The number of aryl methyl sites for hydroxylation is 2. The van der Waals surface area contributed by atoms with Crippen molar-refractivity contribution in [2.24, 2.45) is 5.73 Å². The molecule has 2 N–H and O–H groups in total. The molecule has 0 amide bonds. The van der Waals surface area contributed by atoms with Crippen LogP contribution in [0, 0.1) is 19.7 Å². The average Bonchev–Trinajstić information content (AvgIpc) is 2.33. The molecule has 0 saturated heterocycles. The highest BCUT2D eigenvalue weighted by Gasteiger charge is 2.04. The van der Waals surface area contributed by atoms with Crippen LogP contribution in [0.25, 0.3) is 0 Å². The summed E-state index contributed by atoms with van der Waals surface area (Å²) in [5, 5.41) is 0. The minimum atomic E-state index is -0.197. The maximum Gasteiger partial charge on any atom is 0.124 e. The lowest BCUT2D eigenvalue weighted by atomic mass is 10.1. The minimum Gasteiger partial charge on any atom is -0.330 e. The van der Waals surface area contributed by atoms with Crippen molar-refractivity contribution >= 4 is 11.8 Å². The first-order valence-corrected chi connectivity index (χ1v) is 7.15. The second kappa shape index (κ2) is 6.22. The van der Waals surface area contributed by atoms with E-state index in [1.165, 1.54) is 11.1 Å². The van der Waals surface area contributed by atoms with Crippen LogP contribution < -0.4 is 5.73 Å². The molecule has 2 aromatic rings. The molecule has 0 saturated carbocycles. The first kappa shape index (κ1) is 14.1. The maximum absolute atomic E-state index is 13.5. The Bertz CT molecular complexity index is 581. The van der Waals surface area contributed by atoms with Gasteiger partial charge in [0.1, 0.15) is 5.82 Å². The van der Waals surface area contributed by atoms with Crippen LogP contribution in [-0.2, 0) is 6.42 Å². The van der Waals surface area contributed by atoms with E-state index in [0.717, 1.165) is 15.4 Å². The predicted molar refractivity (Wildman–Crippen MR) is 79.2 cm³/mol. The van der Waals surface area contributed by atoms with E-state index in [-0.39, 0.29) is 5.82 Å². The van der Waals surface area contributed by atoms with Gasteiger partial charge >= 0.3 is 0 Å². The molecule has 0 radical (unpaired) electrons. The van der Waals surface area contributed by atoms with Crippen molar-refractivity contribution in [2.45, 2.75) is 30.1 Å². The minimum absolute atomic E-state index is 0.197. The first-order valence-electron chi connectivity index (χ1n) is 6.33. The summed E-state index contributed by atoms with van der Waals surface area (Å²) >= 11 is 1.58. The van der Waals surface area contributed by atoms with Gasteiger partial charge in [-0.1, -0.05) is 17.8 Å². The van der Waals surface area contributed by atoms with Gasteiger partial charge in [-0.2, -0.15) is 0 Å². The number of hydrogen-bond acceptors (Lipinski definition) is 2. The molecule has 0 atom stereocenters. The van der Waals surface area contributed by atoms with Crippen LogP contribution in [0.15, 0.2) is 46.2 Å². The van der Waals surface area contributed by atoms with Gasteiger partial charge in [0.15, 0.2) is 0 Å². The molecule has 1 nitrogen and oxygen atoms in total. The van der Waals surface area contributed by atoms with E-state index >= 15 is 0 Å². The van der Waals surface area contributed by atoms with E-state index in [1.54, 1.807) is 23.9 Å². The van der Waals surface area contributed by atoms with E-state index in [0.29, 0.717) is 13.0 Å². The maximum atomic E-state index is 13.5. The van der Waals surface area contributed by atoms with Gasteiger partial charge in [-0.3, -0.25) is 0 Å². The van der Waals surface area contributed by atoms with Crippen molar-refractivity contribution in [3.05, 3.63) is 58.9 Å². The molecule has 0 aliphatic rings. The normalized spacial score (nSPS) is 10.7. The number of nitrogens with two attached hydrogens (primary N) is 1. The fourth-order valence-electron chi connectivity index (χ4n) is 1.90. The Morgan fingerprint density at radius 1 is 1.00 bits per heavy atom. The Balaban J connectivity index is 2.24. The Morgan fingerprint density at radius 2 is 1.79 bits per heavy atom. The molecule has 3 heteroatoms. The molecule has 0 aliphatic carbocycles. The van der Waals surface area contributed by atoms with Crippen molar-refractivity contribution in [1.82, 2.24) is 0 Å². The molecular weight excluding hydrogens is 257 g/mol. The van der Waals surface area contributed by atoms with Crippen molar-refractivity contribution in [2.75, 3.05) is 6.54 Å². The molecular formula is C16H18FNS. The van der Waals surface area contributed by atoms with Crippen LogP contribution in [0.5, 0.6) is 0 Å². The molecule has 100 valence electrons. The van der Waals surface area contributed by atoms with Gasteiger partial charge in [0.25, 0.3) is 0 Å². The molecule has 0 fully saturated rings. The molecule has 0 aliphatic heterocycles. The number of benzene rings is 2. The van der Waals surface area contributed by atoms with Crippen LogP contribution in [0.2, 0.25) is 0 Å². The highest BCUT2D eigenvalue weighted by molar-refractivity contribution is 7.99. The zero-order chi connectivity index (χ0) is 13.8. The third kappa shape index (κ3) is 3.82. The van der Waals surface area contributed by atoms with Crippen LogP contribution in [-0.4, -0.2) is 6.54 Å². The molecule has 2 aromatic carbocycles. The average molecular weight is 275 g/mol. The Morgan fingerprint density at radius 3 is 2.47 bits per heavy atom. The highest BCUT2D eigenvalue weighted by Crippen LogP contribution is 2.30. The molecule has 0 bridgehead atoms. The lowest BCUT2D eigenvalue weighted by Gasteiger charge is -2.07. The topological polar surface area (TPSA) is 26.0 Å². The lowest BCUT2D eigenvalue weighted by Crippen LogP contribution is -2.03. The largest absolute Gasteiger partial charge is 0.330 e. The van der Waals surface area contributed by atoms with E-state index in [1.807, 2.05) is 6.07 Å². The van der Waals surface area contributed by atoms with Gasteiger partial charge in [0.05, 0.1) is 0 Å². The van der Waals surface area contributed by atoms with Gasteiger partial charge in [0.2, 0.25) is 0 Å². The number of hydrogen-bond donors (Lipinski definition) is 1. The van der Waals surface area contributed by atoms with E-state index < -0.39 is 0 Å². The van der Waals surface area contributed by atoms with Crippen molar-refractivity contribution < 1.29 is 4.39 Å². The summed E-state index contributed by atoms with van der Waals surface area (Å²) in [6.45, 7) is 4.72. The monoisotopic (exact) mass is 275 g/mol. The van der Waals surface area contributed by atoms with Gasteiger partial charge in [0, 0.05) is 9.79 Å². The molecule has 0 heterocycles. The van der Waals surface area contributed by atoms with E-state index in [2.05, 4.69) is 32.0 Å². The predicted octanol–water partition coefficient (Wildman–Crippen LogP) is 4.09. The van der Waals surface area contributed by atoms with Gasteiger partial charge in [-0.05, 0) is 73.8 Å². The second-order valence-corrected chi connectivity index (χ2v) is 5.83. The summed E-state index contributed by atoms with van der Waals surface area (Å²) in [4.78, 5) is 2.05. The summed E-state index contributed by atoms with van der Waals surface area (Å²) in [5.41, 5.74) is 9.00. The summed E-state index contributed by atoms with van der Waals surface area (Å²) in [6, 6.07) is 11.4. The third-order valence-corrected chi connectivity index (χ3v) is 4.04. The second-order valence-electron chi connectivity index (χ2n) is 4.68. The Labute approximate surface area is 118 Å². The zero-order valence-corrected chi connectivity index (χ0v) is 12.1. The quantitative estimate of drug-likeness (QED) is 0.909. The Kier molecular flexibility index (Phi) is 4.61. The smallest absolute Gasteiger partial charge is 0.124 e. The first-order chi connectivity index (χ1) is 9.08. The fourth-order valence-corrected chi connectivity index (χ4v) is 2.93. The van der Waals surface area contributed by atoms with Crippen LogP contribution in [0.4, 0.5) is 4.39 Å². The van der Waals surface area contributed by atoms with Crippen LogP contribution >= 0.6 is 11.8 Å². The summed E-state index contributed by atoms with van der Waals surface area (Å²) in [7, 11) is 0. The van der Waals surface area contributed by atoms with Gasteiger partial charge < -0.3 is 5.73 Å². The van der Waals surface area contributed by atoms with Crippen LogP contribution in [0.3, 0.4) is 0 Å². The molecule has 0 spiro atoms. The summed E-state index contributed by atoms with van der Waals surface area (Å²) in [5.74, 6) is -0.197. The molecule has 2 rings (SSSR count). The summed E-state index contributed by atoms with van der Waals surface area (Å²) in [6.07, 6.45) is 0.707. The number of halogens is 1. The van der Waals surface area contributed by atoms with Crippen molar-refractivity contribution in [3.63, 3.8) is 0 Å². The van der Waals surface area contributed by atoms with Crippen molar-refractivity contribution in [3.8, 4) is 0 Å². The molecule has 19 heavy (non-hydrogen) atoms. The van der Waals surface area contributed by atoms with E-state index in [9.17, 15) is 4.39 Å². The van der Waals surface area contributed by atoms with E-state index in [4.69, 9.17) is 5.73 Å². The lowest BCUT2D eigenvalue weighted by molar-refractivity contribution is 0.621. The highest BCUT2D eigenvalue weighted by atomic mass is 32.2. The summed E-state index contributed by atoms with van der Waals surface area (Å²) < 4.78 is 13.5. The molecule has 0 aromatic heterocycles. The Hall–Kier alpha value is -1.32. The standard InChI is InChI=1S/C16H18FNS/c1-11-3-4-15(7-12(11)2)19-16-9-13(5-6-18)8-14(17)10-16/h3-4,7-10H,5-6,18H2,1-2H3. The van der Waals surface area contributed by atoms with Crippen LogP contribution in [0.1, 0.15) is 16.7 Å². The zero-order valence-electron chi connectivity index (χ0n) is 11.2. The van der Waals surface area contributed by atoms with Gasteiger partial charge in [-0.15, -0.1) is 0 Å². The number of rotatable bonds is 4. The van der Waals surface area contributed by atoms with Crippen molar-refractivity contribution in [1.29, 1.82) is 0 Å².